The molecule has 412 valence electrons. The van der Waals surface area contributed by atoms with Gasteiger partial charge in [-0.05, 0) is 70.3 Å². The van der Waals surface area contributed by atoms with Crippen LogP contribution in [0.1, 0.15) is 252 Å². The molecule has 0 bridgehead atoms. The average Bonchev–Trinajstić information content (AvgIpc) is 3.33. The number of hydrogen-bond acceptors (Lipinski definition) is 7. The van der Waals surface area contributed by atoms with Crippen LogP contribution in [0.3, 0.4) is 0 Å². The summed E-state index contributed by atoms with van der Waals surface area (Å²) in [5, 5.41) is 3.01. The van der Waals surface area contributed by atoms with Gasteiger partial charge in [0.05, 0.1) is 33.8 Å². The quantitative estimate of drug-likeness (QED) is 0.0212. The van der Waals surface area contributed by atoms with Crippen molar-refractivity contribution in [1.82, 2.24) is 5.32 Å². The van der Waals surface area contributed by atoms with E-state index in [0.29, 0.717) is 23.9 Å². The second-order valence-electron chi connectivity index (χ2n) is 20.8. The first-order valence-corrected chi connectivity index (χ1v) is 30.7. The summed E-state index contributed by atoms with van der Waals surface area (Å²) in [4.78, 5) is 39.9. The summed E-state index contributed by atoms with van der Waals surface area (Å²) in [6.45, 7) is 6.70. The number of phosphoric ester groups is 1. The lowest BCUT2D eigenvalue weighted by Crippen LogP contribution is -2.47. The number of allylic oxidation sites excluding steroid dienone is 11. The van der Waals surface area contributed by atoms with Gasteiger partial charge in [-0.25, -0.2) is 0 Å². The number of carbonyl (C=O) groups excluding carboxylic acids is 2. The Kier molecular flexibility index (Phi) is 49.1. The maximum absolute atomic E-state index is 13.5. The molecule has 0 rings (SSSR count). The van der Waals surface area contributed by atoms with Crippen molar-refractivity contribution < 1.29 is 37.3 Å². The predicted molar refractivity (Wildman–Crippen MR) is 302 cm³/mol. The van der Waals surface area contributed by atoms with Gasteiger partial charge in [0.2, 0.25) is 5.91 Å². The third-order valence-corrected chi connectivity index (χ3v) is 13.6. The lowest BCUT2D eigenvalue weighted by molar-refractivity contribution is -0.870. The van der Waals surface area contributed by atoms with Crippen molar-refractivity contribution in [3.05, 3.63) is 72.9 Å². The first-order chi connectivity index (χ1) is 34.4. The normalized spacial score (nSPS) is 14.3. The molecule has 0 aliphatic heterocycles. The van der Waals surface area contributed by atoms with Gasteiger partial charge in [0.15, 0.2) is 0 Å². The maximum atomic E-state index is 13.5. The minimum Gasteiger partial charge on any atom is -0.756 e. The first kappa shape index (κ1) is 68.5. The highest BCUT2D eigenvalue weighted by molar-refractivity contribution is 7.45. The summed E-state index contributed by atoms with van der Waals surface area (Å²) < 4.78 is 30.2. The molecule has 3 unspecified atom stereocenters. The van der Waals surface area contributed by atoms with Crippen LogP contribution in [0.4, 0.5) is 0 Å². The fourth-order valence-corrected chi connectivity index (χ4v) is 8.87. The minimum atomic E-state index is -4.71. The Bertz CT molecular complexity index is 1450. The van der Waals surface area contributed by atoms with Gasteiger partial charge in [-0.15, -0.1) is 0 Å². The molecule has 1 N–H and O–H groups in total. The van der Waals surface area contributed by atoms with Crippen molar-refractivity contribution in [2.24, 2.45) is 0 Å². The molecule has 0 aromatic carbocycles. The SMILES string of the molecule is CC/C=C\C/C=C\C/C=C\C/C=C\C/C=C\CCCC(=O)OC(/C=C/CCCCCCCCCCCCC)C(COP(=O)([O-])OCC[N+](C)(C)C)NC(=O)CCCCCCCCCCCCCCCCC. The molecule has 3 atom stereocenters. The Morgan fingerprint density at radius 1 is 0.507 bits per heavy atom. The van der Waals surface area contributed by atoms with Crippen LogP contribution in [0.25, 0.3) is 0 Å². The second-order valence-corrected chi connectivity index (χ2v) is 22.2. The van der Waals surface area contributed by atoms with Crippen LogP contribution < -0.4 is 10.2 Å². The van der Waals surface area contributed by atoms with Crippen LogP contribution in [0.15, 0.2) is 72.9 Å². The summed E-state index contributed by atoms with van der Waals surface area (Å²) >= 11 is 0. The van der Waals surface area contributed by atoms with Gasteiger partial charge in [-0.3, -0.25) is 14.2 Å². The highest BCUT2D eigenvalue weighted by atomic mass is 31.2. The minimum absolute atomic E-state index is 0.0321. The van der Waals surface area contributed by atoms with Crippen LogP contribution in [-0.2, 0) is 27.9 Å². The van der Waals surface area contributed by atoms with Crippen LogP contribution >= 0.6 is 7.82 Å². The van der Waals surface area contributed by atoms with E-state index < -0.39 is 32.5 Å². The number of amides is 1. The summed E-state index contributed by atoms with van der Waals surface area (Å²) in [6, 6.07) is -0.911. The maximum Gasteiger partial charge on any atom is 0.306 e. The number of rotatable bonds is 52. The molecule has 0 saturated heterocycles. The van der Waals surface area contributed by atoms with Crippen molar-refractivity contribution in [2.45, 2.75) is 264 Å². The third kappa shape index (κ3) is 52.1. The van der Waals surface area contributed by atoms with Crippen molar-refractivity contribution in [3.8, 4) is 0 Å². The zero-order valence-corrected chi connectivity index (χ0v) is 47.8. The summed E-state index contributed by atoms with van der Waals surface area (Å²) in [7, 11) is 1.15. The smallest absolute Gasteiger partial charge is 0.306 e. The molecule has 0 heterocycles. The van der Waals surface area contributed by atoms with E-state index in [4.69, 9.17) is 13.8 Å². The van der Waals surface area contributed by atoms with E-state index in [9.17, 15) is 19.0 Å². The van der Waals surface area contributed by atoms with Gasteiger partial charge in [0.25, 0.3) is 7.82 Å². The lowest BCUT2D eigenvalue weighted by atomic mass is 10.0. The summed E-state index contributed by atoms with van der Waals surface area (Å²) in [5.74, 6) is -0.606. The van der Waals surface area contributed by atoms with Crippen molar-refractivity contribution >= 4 is 19.7 Å². The number of ether oxygens (including phenoxy) is 1. The van der Waals surface area contributed by atoms with E-state index in [1.165, 1.54) is 135 Å². The number of unbranched alkanes of at least 4 members (excludes halogenated alkanes) is 26. The molecule has 0 saturated carbocycles. The molecular formula is C61H111N2O7P. The Hall–Kier alpha value is -2.55. The Balaban J connectivity index is 5.45. The fraction of sp³-hybridized carbons (Fsp3) is 0.770. The van der Waals surface area contributed by atoms with E-state index in [0.717, 1.165) is 77.0 Å². The van der Waals surface area contributed by atoms with Gasteiger partial charge in [-0.1, -0.05) is 242 Å². The van der Waals surface area contributed by atoms with Gasteiger partial charge in [-0.2, -0.15) is 0 Å². The number of nitrogens with one attached hydrogen (secondary N) is 1. The van der Waals surface area contributed by atoms with E-state index in [-0.39, 0.29) is 18.9 Å². The monoisotopic (exact) mass is 1010 g/mol. The molecule has 1 amide bonds. The van der Waals surface area contributed by atoms with E-state index in [1.54, 1.807) is 0 Å². The van der Waals surface area contributed by atoms with E-state index in [1.807, 2.05) is 33.3 Å². The van der Waals surface area contributed by atoms with Crippen LogP contribution in [0.2, 0.25) is 0 Å². The lowest BCUT2D eigenvalue weighted by Gasteiger charge is -2.30. The van der Waals surface area contributed by atoms with E-state index >= 15 is 0 Å². The fourth-order valence-electron chi connectivity index (χ4n) is 8.15. The van der Waals surface area contributed by atoms with Crippen LogP contribution in [0.5, 0.6) is 0 Å². The van der Waals surface area contributed by atoms with Gasteiger partial charge in [0, 0.05) is 12.8 Å². The van der Waals surface area contributed by atoms with Crippen molar-refractivity contribution in [3.63, 3.8) is 0 Å². The summed E-state index contributed by atoms with van der Waals surface area (Å²) in [5.41, 5.74) is 0. The number of esters is 1. The highest BCUT2D eigenvalue weighted by Crippen LogP contribution is 2.38. The number of phosphoric acid groups is 1. The molecule has 10 heteroatoms. The van der Waals surface area contributed by atoms with Gasteiger partial charge < -0.3 is 28.5 Å². The molecule has 0 aromatic heterocycles. The molecule has 0 spiro atoms. The number of hydrogen-bond donors (Lipinski definition) is 1. The molecule has 0 aliphatic rings. The third-order valence-electron chi connectivity index (χ3n) is 12.7. The van der Waals surface area contributed by atoms with E-state index in [2.05, 4.69) is 86.8 Å². The van der Waals surface area contributed by atoms with Crippen molar-refractivity contribution in [1.29, 1.82) is 0 Å². The standard InChI is InChI=1S/C61H111N2O7P/c1-7-10-13-16-19-22-25-28-30-31-33-36-39-42-45-48-51-54-61(65)70-59(52-49-46-43-40-37-34-27-24-21-18-15-12-9-3)58(57-69-71(66,67)68-56-55-63(4,5)6)62-60(64)53-50-47-44-41-38-35-32-29-26-23-20-17-14-11-8-2/h10,13,19,22,28,30,33,36,42,45,49,52,58-59H,7-9,11-12,14-18,20-21,23-27,29,31-32,34-35,37-41,43-44,46-48,50-51,53-57H2,1-6H3,(H-,62,64,66,67)/b13-10-,22-19-,30-28-,36-33-,45-42-,52-49+. The molecule has 9 nitrogen and oxygen atoms in total. The second kappa shape index (κ2) is 51.0. The highest BCUT2D eigenvalue weighted by Gasteiger charge is 2.27. The Morgan fingerprint density at radius 2 is 0.915 bits per heavy atom. The van der Waals surface area contributed by atoms with Crippen LogP contribution in [0, 0.1) is 0 Å². The number of nitrogens with zero attached hydrogens (tertiary/aromatic N) is 1. The zero-order chi connectivity index (χ0) is 52.2. The zero-order valence-electron chi connectivity index (χ0n) is 46.9. The van der Waals surface area contributed by atoms with Gasteiger partial charge >= 0.3 is 5.97 Å². The Morgan fingerprint density at radius 3 is 1.37 bits per heavy atom. The Labute approximate surface area is 438 Å². The summed E-state index contributed by atoms with van der Waals surface area (Å²) in [6.07, 6.45) is 64.4. The molecule has 0 fully saturated rings. The number of quaternary nitrogens is 1. The molecule has 0 aliphatic carbocycles. The molecule has 0 aromatic rings. The number of carbonyl (C=O) groups is 2. The number of likely N-dealkylation sites (N-methyl/N-ethyl adjacent to an activating group) is 1. The first-order valence-electron chi connectivity index (χ1n) is 29.2. The molecule has 0 radical (unpaired) electrons. The van der Waals surface area contributed by atoms with Gasteiger partial charge in [0.1, 0.15) is 19.3 Å². The molecule has 71 heavy (non-hydrogen) atoms. The van der Waals surface area contributed by atoms with Crippen LogP contribution in [-0.4, -0.2) is 69.4 Å². The largest absolute Gasteiger partial charge is 0.756 e. The van der Waals surface area contributed by atoms with Crippen molar-refractivity contribution in [2.75, 3.05) is 40.9 Å². The topological polar surface area (TPSA) is 114 Å². The molecular weight excluding hydrogens is 904 g/mol. The predicted octanol–water partition coefficient (Wildman–Crippen LogP) is 17.0. The average molecular weight is 1020 g/mol.